The Morgan fingerprint density at radius 2 is 1.72 bits per heavy atom. The molecule has 5 nitrogen and oxygen atoms in total. The number of ether oxygens (including phenoxy) is 1. The molecule has 0 saturated carbocycles. The molecule has 0 unspecified atom stereocenters. The van der Waals surface area contributed by atoms with E-state index in [0.717, 1.165) is 11.1 Å². The van der Waals surface area contributed by atoms with Crippen molar-refractivity contribution in [1.29, 1.82) is 0 Å². The van der Waals surface area contributed by atoms with Crippen molar-refractivity contribution < 1.29 is 9.53 Å². The number of pyridine rings is 1. The summed E-state index contributed by atoms with van der Waals surface area (Å²) in [5.74, 6) is 0.431. The van der Waals surface area contributed by atoms with Gasteiger partial charge in [0.05, 0.1) is 6.21 Å². The van der Waals surface area contributed by atoms with Crippen molar-refractivity contribution in [3.8, 4) is 5.75 Å². The number of hydrogen-bond acceptors (Lipinski definition) is 4. The highest BCUT2D eigenvalue weighted by Crippen LogP contribution is 2.14. The van der Waals surface area contributed by atoms with E-state index in [1.165, 1.54) is 0 Å². The first-order valence-corrected chi connectivity index (χ1v) is 7.81. The number of carbonyl (C=O) groups is 1. The van der Waals surface area contributed by atoms with E-state index in [9.17, 15) is 4.79 Å². The highest BCUT2D eigenvalue weighted by molar-refractivity contribution is 5.94. The lowest BCUT2D eigenvalue weighted by Gasteiger charge is -2.07. The fourth-order valence-electron chi connectivity index (χ4n) is 2.12. The van der Waals surface area contributed by atoms with Crippen molar-refractivity contribution in [2.45, 2.75) is 6.61 Å². The Balaban J connectivity index is 1.52. The minimum atomic E-state index is -0.278. The van der Waals surface area contributed by atoms with E-state index in [-0.39, 0.29) is 5.91 Å². The standard InChI is InChI=1S/C20H17N3O2/c24-20(23-22-14-16-10-12-21-13-11-16)18-6-8-19(9-7-18)25-15-17-4-2-1-3-5-17/h1-14H,15H2,(H,23,24)/b22-14-. The van der Waals surface area contributed by atoms with Gasteiger partial charge in [-0.1, -0.05) is 30.3 Å². The maximum absolute atomic E-state index is 12.0. The lowest BCUT2D eigenvalue weighted by Crippen LogP contribution is -2.17. The van der Waals surface area contributed by atoms with E-state index >= 15 is 0 Å². The average Bonchev–Trinajstić information content (AvgIpc) is 2.68. The number of rotatable bonds is 6. The van der Waals surface area contributed by atoms with E-state index in [0.29, 0.717) is 17.9 Å². The van der Waals surface area contributed by atoms with Gasteiger partial charge in [-0.2, -0.15) is 5.10 Å². The number of nitrogens with zero attached hydrogens (tertiary/aromatic N) is 2. The number of carbonyl (C=O) groups excluding carboxylic acids is 1. The average molecular weight is 331 g/mol. The quantitative estimate of drug-likeness (QED) is 0.556. The molecule has 2 aromatic carbocycles. The third-order valence-electron chi connectivity index (χ3n) is 3.45. The van der Waals surface area contributed by atoms with Crippen LogP contribution in [-0.4, -0.2) is 17.1 Å². The minimum absolute atomic E-state index is 0.278. The van der Waals surface area contributed by atoms with Gasteiger partial charge in [0.1, 0.15) is 12.4 Å². The molecule has 1 N–H and O–H groups in total. The number of amides is 1. The number of aromatic nitrogens is 1. The van der Waals surface area contributed by atoms with Gasteiger partial charge in [0.2, 0.25) is 0 Å². The molecule has 3 aromatic rings. The summed E-state index contributed by atoms with van der Waals surface area (Å²) in [6, 6.07) is 20.5. The minimum Gasteiger partial charge on any atom is -0.489 e. The van der Waals surface area contributed by atoms with Crippen LogP contribution in [0.4, 0.5) is 0 Å². The van der Waals surface area contributed by atoms with Gasteiger partial charge in [-0.3, -0.25) is 9.78 Å². The highest BCUT2D eigenvalue weighted by Gasteiger charge is 2.04. The molecule has 0 atom stereocenters. The third kappa shape index (κ3) is 5.00. The van der Waals surface area contributed by atoms with Gasteiger partial charge < -0.3 is 4.74 Å². The smallest absolute Gasteiger partial charge is 0.271 e. The zero-order valence-corrected chi connectivity index (χ0v) is 13.5. The molecule has 0 spiro atoms. The molecular formula is C20H17N3O2. The molecular weight excluding hydrogens is 314 g/mol. The summed E-state index contributed by atoms with van der Waals surface area (Å²) in [5, 5.41) is 3.93. The van der Waals surface area contributed by atoms with Gasteiger partial charge in [0.25, 0.3) is 5.91 Å². The molecule has 1 aromatic heterocycles. The Hall–Kier alpha value is -3.47. The summed E-state index contributed by atoms with van der Waals surface area (Å²) < 4.78 is 5.70. The molecule has 1 amide bonds. The first-order chi connectivity index (χ1) is 12.3. The van der Waals surface area contributed by atoms with Crippen molar-refractivity contribution in [3.05, 3.63) is 95.8 Å². The Bertz CT molecular complexity index is 832. The molecule has 0 aliphatic rings. The van der Waals surface area contributed by atoms with Crippen LogP contribution in [0.1, 0.15) is 21.5 Å². The monoisotopic (exact) mass is 331 g/mol. The van der Waals surface area contributed by atoms with Gasteiger partial charge >= 0.3 is 0 Å². The number of nitrogens with one attached hydrogen (secondary N) is 1. The summed E-state index contributed by atoms with van der Waals surface area (Å²) in [6.45, 7) is 0.489. The summed E-state index contributed by atoms with van der Waals surface area (Å²) in [7, 11) is 0. The molecule has 5 heteroatoms. The molecule has 0 saturated heterocycles. The number of hydrazone groups is 1. The van der Waals surface area contributed by atoms with Gasteiger partial charge in [-0.15, -0.1) is 0 Å². The maximum Gasteiger partial charge on any atom is 0.271 e. The van der Waals surface area contributed by atoms with Crippen LogP contribution in [0.15, 0.2) is 84.2 Å². The van der Waals surface area contributed by atoms with Gasteiger partial charge in [0, 0.05) is 18.0 Å². The Labute approximate surface area is 146 Å². The van der Waals surface area contributed by atoms with Crippen LogP contribution in [0, 0.1) is 0 Å². The van der Waals surface area contributed by atoms with Gasteiger partial charge in [-0.05, 0) is 47.5 Å². The second kappa shape index (κ2) is 8.40. The fraction of sp³-hybridized carbons (Fsp3) is 0.0500. The largest absolute Gasteiger partial charge is 0.489 e. The summed E-state index contributed by atoms with van der Waals surface area (Å²) in [5.41, 5.74) is 4.96. The van der Waals surface area contributed by atoms with E-state index in [4.69, 9.17) is 4.74 Å². The molecule has 0 fully saturated rings. The maximum atomic E-state index is 12.0. The summed E-state index contributed by atoms with van der Waals surface area (Å²) in [6.07, 6.45) is 4.89. The fourth-order valence-corrected chi connectivity index (χ4v) is 2.12. The molecule has 3 rings (SSSR count). The van der Waals surface area contributed by atoms with E-state index in [1.54, 1.807) is 55.0 Å². The number of benzene rings is 2. The lowest BCUT2D eigenvalue weighted by molar-refractivity contribution is 0.0955. The topological polar surface area (TPSA) is 63.6 Å². The highest BCUT2D eigenvalue weighted by atomic mass is 16.5. The van der Waals surface area contributed by atoms with Crippen molar-refractivity contribution in [1.82, 2.24) is 10.4 Å². The predicted octanol–water partition coefficient (Wildman–Crippen LogP) is 3.42. The first kappa shape index (κ1) is 16.4. The second-order valence-electron chi connectivity index (χ2n) is 5.28. The van der Waals surface area contributed by atoms with E-state index in [1.807, 2.05) is 30.3 Å². The second-order valence-corrected chi connectivity index (χ2v) is 5.28. The van der Waals surface area contributed by atoms with Crippen LogP contribution >= 0.6 is 0 Å². The Morgan fingerprint density at radius 3 is 2.44 bits per heavy atom. The molecule has 1 heterocycles. The van der Waals surface area contributed by atoms with Crippen LogP contribution < -0.4 is 10.2 Å². The van der Waals surface area contributed by atoms with Crippen LogP contribution in [0.3, 0.4) is 0 Å². The molecule has 124 valence electrons. The van der Waals surface area contributed by atoms with Gasteiger partial charge in [-0.25, -0.2) is 5.43 Å². The molecule has 25 heavy (non-hydrogen) atoms. The Kier molecular flexibility index (Phi) is 5.51. The van der Waals surface area contributed by atoms with Crippen molar-refractivity contribution in [3.63, 3.8) is 0 Å². The molecule has 0 aliphatic heterocycles. The van der Waals surface area contributed by atoms with E-state index < -0.39 is 0 Å². The van der Waals surface area contributed by atoms with Crippen LogP contribution in [-0.2, 0) is 6.61 Å². The molecule has 0 bridgehead atoms. The van der Waals surface area contributed by atoms with Crippen LogP contribution in [0.25, 0.3) is 0 Å². The first-order valence-electron chi connectivity index (χ1n) is 7.81. The van der Waals surface area contributed by atoms with Crippen molar-refractivity contribution in [2.75, 3.05) is 0 Å². The third-order valence-corrected chi connectivity index (χ3v) is 3.45. The molecule has 0 aliphatic carbocycles. The van der Waals surface area contributed by atoms with Crippen LogP contribution in [0.5, 0.6) is 5.75 Å². The number of hydrogen-bond donors (Lipinski definition) is 1. The summed E-state index contributed by atoms with van der Waals surface area (Å²) >= 11 is 0. The van der Waals surface area contributed by atoms with E-state index in [2.05, 4.69) is 15.5 Å². The molecule has 0 radical (unpaired) electrons. The zero-order chi connectivity index (χ0) is 17.3. The van der Waals surface area contributed by atoms with Crippen molar-refractivity contribution in [2.24, 2.45) is 5.10 Å². The van der Waals surface area contributed by atoms with Crippen LogP contribution in [0.2, 0.25) is 0 Å². The predicted molar refractivity (Wildman–Crippen MR) is 96.5 cm³/mol. The van der Waals surface area contributed by atoms with Gasteiger partial charge in [0.15, 0.2) is 0 Å². The normalized spacial score (nSPS) is 10.6. The Morgan fingerprint density at radius 1 is 1.00 bits per heavy atom. The van der Waals surface area contributed by atoms with Crippen molar-refractivity contribution >= 4 is 12.1 Å². The summed E-state index contributed by atoms with van der Waals surface area (Å²) in [4.78, 5) is 16.0. The lowest BCUT2D eigenvalue weighted by atomic mass is 10.2. The zero-order valence-electron chi connectivity index (χ0n) is 13.5. The SMILES string of the molecule is O=C(N/N=C\c1ccncc1)c1ccc(OCc2ccccc2)cc1.